The number of nitrogens with zero attached hydrogens (tertiary/aromatic N) is 1. The summed E-state index contributed by atoms with van der Waals surface area (Å²) in [7, 11) is 0. The van der Waals surface area contributed by atoms with Crippen molar-refractivity contribution in [2.24, 2.45) is 0 Å². The molecule has 0 fully saturated rings. The smallest absolute Gasteiger partial charge is 0.325 e. The Bertz CT molecular complexity index is 578. The summed E-state index contributed by atoms with van der Waals surface area (Å²) in [6.45, 7) is 1.43. The monoisotopic (exact) mass is 296 g/mol. The average Bonchev–Trinajstić information content (AvgIpc) is 2.97. The number of amides is 1. The number of carbonyl (C=O) groups excluding carboxylic acids is 1. The number of hydrogen-bond acceptors (Lipinski definition) is 5. The molecule has 0 aliphatic heterocycles. The van der Waals surface area contributed by atoms with Crippen LogP contribution in [-0.2, 0) is 16.0 Å². The fourth-order valence-corrected chi connectivity index (χ4v) is 3.05. The number of thiophene rings is 1. The van der Waals surface area contributed by atoms with Gasteiger partial charge < -0.3 is 10.4 Å². The van der Waals surface area contributed by atoms with Crippen molar-refractivity contribution in [3.8, 4) is 9.88 Å². The third-order valence-corrected chi connectivity index (χ3v) is 4.30. The Hall–Kier alpha value is -1.73. The number of nitrogens with one attached hydrogen (secondary N) is 1. The van der Waals surface area contributed by atoms with Crippen LogP contribution >= 0.6 is 22.7 Å². The number of carbonyl (C=O) groups is 2. The molecule has 2 aromatic rings. The van der Waals surface area contributed by atoms with E-state index in [1.807, 2.05) is 22.9 Å². The lowest BCUT2D eigenvalue weighted by molar-refractivity contribution is -0.141. The van der Waals surface area contributed by atoms with E-state index in [2.05, 4.69) is 10.3 Å². The molecule has 0 spiro atoms. The zero-order valence-corrected chi connectivity index (χ0v) is 11.8. The number of carboxylic acid groups (broad SMARTS) is 1. The Morgan fingerprint density at radius 3 is 2.89 bits per heavy atom. The van der Waals surface area contributed by atoms with Crippen LogP contribution < -0.4 is 5.32 Å². The van der Waals surface area contributed by atoms with Crippen molar-refractivity contribution < 1.29 is 14.7 Å². The number of rotatable bonds is 5. The fourth-order valence-electron chi connectivity index (χ4n) is 1.42. The molecule has 0 unspecified atom stereocenters. The maximum atomic E-state index is 11.6. The van der Waals surface area contributed by atoms with Gasteiger partial charge in [-0.15, -0.1) is 22.7 Å². The highest BCUT2D eigenvalue weighted by molar-refractivity contribution is 7.20. The van der Waals surface area contributed by atoms with Gasteiger partial charge in [-0.1, -0.05) is 6.07 Å². The third kappa shape index (κ3) is 3.62. The second kappa shape index (κ2) is 5.94. The molecule has 0 saturated carbocycles. The van der Waals surface area contributed by atoms with Crippen LogP contribution in [0.15, 0.2) is 22.9 Å². The Balaban J connectivity index is 1.97. The molecule has 5 nitrogen and oxygen atoms in total. The molecule has 0 aromatic carbocycles. The van der Waals surface area contributed by atoms with E-state index in [0.29, 0.717) is 5.69 Å². The van der Waals surface area contributed by atoms with Crippen LogP contribution in [0.1, 0.15) is 12.6 Å². The Morgan fingerprint density at radius 1 is 1.47 bits per heavy atom. The first-order chi connectivity index (χ1) is 9.06. The molecule has 2 rings (SSSR count). The lowest BCUT2D eigenvalue weighted by Gasteiger charge is -2.07. The number of thiazole rings is 1. The summed E-state index contributed by atoms with van der Waals surface area (Å²) in [4.78, 5) is 27.7. The van der Waals surface area contributed by atoms with Gasteiger partial charge in [0, 0.05) is 5.38 Å². The van der Waals surface area contributed by atoms with E-state index in [1.165, 1.54) is 18.3 Å². The van der Waals surface area contributed by atoms with Crippen LogP contribution in [0.4, 0.5) is 0 Å². The normalized spacial score (nSPS) is 12.1. The first-order valence-electron chi connectivity index (χ1n) is 5.56. The Kier molecular flexibility index (Phi) is 4.28. The minimum atomic E-state index is -1.05. The molecule has 0 saturated heterocycles. The molecular formula is C12H12N2O3S2. The van der Waals surface area contributed by atoms with Crippen LogP contribution in [0, 0.1) is 0 Å². The van der Waals surface area contributed by atoms with Gasteiger partial charge in [0.25, 0.3) is 0 Å². The zero-order valence-electron chi connectivity index (χ0n) is 10.1. The zero-order chi connectivity index (χ0) is 13.8. The van der Waals surface area contributed by atoms with E-state index in [9.17, 15) is 9.59 Å². The Labute approximate surface area is 117 Å². The van der Waals surface area contributed by atoms with Crippen molar-refractivity contribution in [1.29, 1.82) is 0 Å². The van der Waals surface area contributed by atoms with E-state index in [-0.39, 0.29) is 12.3 Å². The quantitative estimate of drug-likeness (QED) is 0.884. The predicted octanol–water partition coefficient (Wildman–Crippen LogP) is 2.00. The highest BCUT2D eigenvalue weighted by Crippen LogP contribution is 2.27. The van der Waals surface area contributed by atoms with Crippen LogP contribution in [0.2, 0.25) is 0 Å². The van der Waals surface area contributed by atoms with Gasteiger partial charge in [0.1, 0.15) is 11.0 Å². The summed E-state index contributed by atoms with van der Waals surface area (Å²) in [5.41, 5.74) is 0.656. The van der Waals surface area contributed by atoms with E-state index in [4.69, 9.17) is 5.11 Å². The SMILES string of the molecule is C[C@@H](NC(=O)Cc1csc(-c2cccs2)n1)C(=O)O. The van der Waals surface area contributed by atoms with E-state index in [0.717, 1.165) is 9.88 Å². The first kappa shape index (κ1) is 13.7. The molecule has 7 heteroatoms. The highest BCUT2D eigenvalue weighted by Gasteiger charge is 2.15. The van der Waals surface area contributed by atoms with Gasteiger partial charge >= 0.3 is 5.97 Å². The van der Waals surface area contributed by atoms with Crippen LogP contribution in [0.5, 0.6) is 0 Å². The molecule has 1 atom stereocenters. The van der Waals surface area contributed by atoms with E-state index < -0.39 is 12.0 Å². The highest BCUT2D eigenvalue weighted by atomic mass is 32.1. The predicted molar refractivity (Wildman–Crippen MR) is 74.4 cm³/mol. The average molecular weight is 296 g/mol. The molecular weight excluding hydrogens is 284 g/mol. The maximum Gasteiger partial charge on any atom is 0.325 e. The largest absolute Gasteiger partial charge is 0.480 e. The molecule has 2 aromatic heterocycles. The number of aliphatic carboxylic acids is 1. The number of carboxylic acids is 1. The topological polar surface area (TPSA) is 79.3 Å². The van der Waals surface area contributed by atoms with Crippen LogP contribution in [-0.4, -0.2) is 28.0 Å². The van der Waals surface area contributed by atoms with Crippen LogP contribution in [0.25, 0.3) is 9.88 Å². The summed E-state index contributed by atoms with van der Waals surface area (Å²) in [6.07, 6.45) is 0.0967. The first-order valence-corrected chi connectivity index (χ1v) is 7.32. The molecule has 100 valence electrons. The second-order valence-corrected chi connectivity index (χ2v) is 5.73. The van der Waals surface area contributed by atoms with Crippen LogP contribution in [0.3, 0.4) is 0 Å². The van der Waals surface area contributed by atoms with Crippen molar-refractivity contribution in [3.05, 3.63) is 28.6 Å². The van der Waals surface area contributed by atoms with Gasteiger partial charge in [-0.05, 0) is 18.4 Å². The number of aromatic nitrogens is 1. The summed E-state index contributed by atoms with van der Waals surface area (Å²) in [5.74, 6) is -1.39. The molecule has 2 heterocycles. The summed E-state index contributed by atoms with van der Waals surface area (Å²) in [6, 6.07) is 3.03. The van der Waals surface area contributed by atoms with Gasteiger partial charge in [-0.2, -0.15) is 0 Å². The molecule has 0 aliphatic carbocycles. The van der Waals surface area contributed by atoms with Gasteiger partial charge in [0.15, 0.2) is 0 Å². The van der Waals surface area contributed by atoms with Gasteiger partial charge in [0.05, 0.1) is 17.0 Å². The molecule has 2 N–H and O–H groups in total. The Morgan fingerprint density at radius 2 is 2.26 bits per heavy atom. The van der Waals surface area contributed by atoms with Crippen molar-refractivity contribution in [2.45, 2.75) is 19.4 Å². The summed E-state index contributed by atoms with van der Waals surface area (Å²) >= 11 is 3.07. The third-order valence-electron chi connectivity index (χ3n) is 2.37. The van der Waals surface area contributed by atoms with E-state index in [1.54, 1.807) is 11.3 Å². The minimum Gasteiger partial charge on any atom is -0.480 e. The van der Waals surface area contributed by atoms with Gasteiger partial charge in [-0.3, -0.25) is 9.59 Å². The fraction of sp³-hybridized carbons (Fsp3) is 0.250. The molecule has 0 aliphatic rings. The molecule has 19 heavy (non-hydrogen) atoms. The molecule has 0 bridgehead atoms. The lowest BCUT2D eigenvalue weighted by atomic mass is 10.3. The van der Waals surface area contributed by atoms with Gasteiger partial charge in [0.2, 0.25) is 5.91 Å². The van der Waals surface area contributed by atoms with Crippen molar-refractivity contribution in [2.75, 3.05) is 0 Å². The molecule has 1 amide bonds. The summed E-state index contributed by atoms with van der Waals surface area (Å²) in [5, 5.41) is 15.8. The standard InChI is InChI=1S/C12H12N2O3S2/c1-7(12(16)17)13-10(15)5-8-6-19-11(14-8)9-3-2-4-18-9/h2-4,6-7H,5H2,1H3,(H,13,15)(H,16,17)/t7-/m1/s1. The maximum absolute atomic E-state index is 11.6. The summed E-state index contributed by atoms with van der Waals surface area (Å²) < 4.78 is 0. The second-order valence-electron chi connectivity index (χ2n) is 3.93. The van der Waals surface area contributed by atoms with E-state index >= 15 is 0 Å². The van der Waals surface area contributed by atoms with Crippen molar-refractivity contribution >= 4 is 34.6 Å². The lowest BCUT2D eigenvalue weighted by Crippen LogP contribution is -2.39. The van der Waals surface area contributed by atoms with Gasteiger partial charge in [-0.25, -0.2) is 4.98 Å². The molecule has 0 radical (unpaired) electrons. The van der Waals surface area contributed by atoms with Crippen molar-refractivity contribution in [1.82, 2.24) is 10.3 Å². The number of hydrogen-bond donors (Lipinski definition) is 2. The minimum absolute atomic E-state index is 0.0967. The van der Waals surface area contributed by atoms with Crippen molar-refractivity contribution in [3.63, 3.8) is 0 Å².